The molecule has 0 atom stereocenters. The lowest BCUT2D eigenvalue weighted by Crippen LogP contribution is -2.36. The molecule has 0 radical (unpaired) electrons. The first-order valence-corrected chi connectivity index (χ1v) is 9.46. The summed E-state index contributed by atoms with van der Waals surface area (Å²) in [5.41, 5.74) is 6.25. The molecule has 0 unspecified atom stereocenters. The van der Waals surface area contributed by atoms with Crippen LogP contribution in [0.25, 0.3) is 11.3 Å². The molecule has 0 fully saturated rings. The molecule has 0 saturated carbocycles. The fourth-order valence-corrected chi connectivity index (χ4v) is 3.24. The van der Waals surface area contributed by atoms with Crippen LogP contribution in [-0.2, 0) is 11.3 Å². The number of nitrogens with two attached hydrogens (primary N) is 1. The van der Waals surface area contributed by atoms with Crippen molar-refractivity contribution in [2.24, 2.45) is 4.99 Å². The van der Waals surface area contributed by atoms with Gasteiger partial charge in [-0.05, 0) is 22.7 Å². The highest BCUT2D eigenvalue weighted by Crippen LogP contribution is 2.35. The lowest BCUT2D eigenvalue weighted by molar-refractivity contribution is -0.763. The molecule has 3 heterocycles. The molecule has 3 rings (SSSR count). The van der Waals surface area contributed by atoms with E-state index in [1.54, 1.807) is 19.2 Å². The Bertz CT molecular complexity index is 1140. The van der Waals surface area contributed by atoms with E-state index >= 15 is 0 Å². The number of aliphatic imine (C=N–C) groups is 1. The standard InChI is InChI=1S/C18H15N7O4S/c1-27-6-4-25-9-15(29-24-25)22-14(26)10-30-18-12(8-20)16(13-3-2-5-28-13)11(7-19)17(21)23-18/h2-3,5,9H,4,6,10H2,1H3,(H2-,21,22,23,24,26). The van der Waals surface area contributed by atoms with E-state index in [0.29, 0.717) is 18.9 Å². The van der Waals surface area contributed by atoms with Gasteiger partial charge in [-0.2, -0.15) is 10.5 Å². The zero-order valence-corrected chi connectivity index (χ0v) is 16.5. The van der Waals surface area contributed by atoms with Crippen molar-refractivity contribution in [3.63, 3.8) is 0 Å². The maximum atomic E-state index is 12.2. The summed E-state index contributed by atoms with van der Waals surface area (Å²) >= 11 is 0.968. The number of aromatic nitrogens is 3. The van der Waals surface area contributed by atoms with Crippen LogP contribution in [0, 0.1) is 22.7 Å². The minimum Gasteiger partial charge on any atom is -0.861 e. The van der Waals surface area contributed by atoms with Gasteiger partial charge in [-0.3, -0.25) is 4.52 Å². The molecule has 0 aliphatic rings. The Kier molecular flexibility index (Phi) is 6.64. The summed E-state index contributed by atoms with van der Waals surface area (Å²) in [4.78, 5) is 7.93. The molecular formula is C18H15N7O4S. The van der Waals surface area contributed by atoms with Crippen LogP contribution in [0.1, 0.15) is 11.1 Å². The second-order valence-corrected chi connectivity index (χ2v) is 6.68. The van der Waals surface area contributed by atoms with E-state index in [1.165, 1.54) is 17.1 Å². The van der Waals surface area contributed by atoms with Gasteiger partial charge < -0.3 is 20.0 Å². The summed E-state index contributed by atoms with van der Waals surface area (Å²) in [6, 6.07) is 7.19. The van der Waals surface area contributed by atoms with Gasteiger partial charge in [0.05, 0.1) is 17.4 Å². The number of methoxy groups -OCH3 is 1. The molecule has 0 spiro atoms. The normalized spacial score (nSPS) is 11.2. The van der Waals surface area contributed by atoms with E-state index in [4.69, 9.17) is 19.4 Å². The molecule has 152 valence electrons. The van der Waals surface area contributed by atoms with Gasteiger partial charge in [-0.15, -0.1) is 0 Å². The van der Waals surface area contributed by atoms with Crippen molar-refractivity contribution in [1.82, 2.24) is 10.3 Å². The summed E-state index contributed by atoms with van der Waals surface area (Å²) in [6.45, 7) is 0.884. The van der Waals surface area contributed by atoms with Crippen LogP contribution in [0.5, 0.6) is 0 Å². The van der Waals surface area contributed by atoms with Crippen LogP contribution in [0.4, 0.5) is 11.7 Å². The summed E-state index contributed by atoms with van der Waals surface area (Å²) in [6.07, 6.45) is 2.88. The highest BCUT2D eigenvalue weighted by atomic mass is 32.2. The third-order valence-electron chi connectivity index (χ3n) is 3.77. The average Bonchev–Trinajstić information content (AvgIpc) is 3.42. The highest BCUT2D eigenvalue weighted by molar-refractivity contribution is 8.00. The van der Waals surface area contributed by atoms with Gasteiger partial charge in [0.2, 0.25) is 11.8 Å². The molecule has 0 aromatic carbocycles. The molecular weight excluding hydrogens is 410 g/mol. The van der Waals surface area contributed by atoms with E-state index < -0.39 is 5.90 Å². The quantitative estimate of drug-likeness (QED) is 0.235. The van der Waals surface area contributed by atoms with Crippen LogP contribution in [0.3, 0.4) is 0 Å². The van der Waals surface area contributed by atoms with Crippen molar-refractivity contribution in [3.05, 3.63) is 35.7 Å². The number of nitrogens with zero attached hydrogens (tertiary/aromatic N) is 6. The zero-order valence-electron chi connectivity index (χ0n) is 15.7. The van der Waals surface area contributed by atoms with Crippen LogP contribution < -0.4 is 15.5 Å². The first kappa shape index (κ1) is 20.9. The van der Waals surface area contributed by atoms with Crippen molar-refractivity contribution in [3.8, 4) is 23.5 Å². The fraction of sp³-hybridized carbons (Fsp3) is 0.222. The molecule has 12 heteroatoms. The minimum atomic E-state index is -0.525. The molecule has 3 aromatic heterocycles. The highest BCUT2D eigenvalue weighted by Gasteiger charge is 2.22. The maximum Gasteiger partial charge on any atom is 0.320 e. The number of pyridine rings is 1. The Morgan fingerprint density at radius 2 is 2.20 bits per heavy atom. The van der Waals surface area contributed by atoms with Crippen LogP contribution in [-0.4, -0.2) is 35.6 Å². The predicted molar refractivity (Wildman–Crippen MR) is 102 cm³/mol. The minimum absolute atomic E-state index is 0.0316. The Morgan fingerprint density at radius 1 is 1.40 bits per heavy atom. The fourth-order valence-electron chi connectivity index (χ4n) is 2.46. The first-order chi connectivity index (χ1) is 14.6. The maximum absolute atomic E-state index is 12.2. The first-order valence-electron chi connectivity index (χ1n) is 8.47. The largest absolute Gasteiger partial charge is 0.861 e. The Labute approximate surface area is 175 Å². The molecule has 0 amide bonds. The van der Waals surface area contributed by atoms with Crippen molar-refractivity contribution in [1.29, 1.82) is 10.5 Å². The Hall–Kier alpha value is -3.87. The van der Waals surface area contributed by atoms with Crippen molar-refractivity contribution >= 4 is 29.4 Å². The third-order valence-corrected chi connectivity index (χ3v) is 4.73. The van der Waals surface area contributed by atoms with Gasteiger partial charge in [0.15, 0.2) is 0 Å². The van der Waals surface area contributed by atoms with E-state index in [9.17, 15) is 15.6 Å². The number of anilines is 1. The van der Waals surface area contributed by atoms with Crippen LogP contribution in [0.15, 0.2) is 43.6 Å². The molecule has 0 aliphatic heterocycles. The Balaban J connectivity index is 1.84. The number of hydrogen-bond acceptors (Lipinski definition) is 11. The molecule has 0 bridgehead atoms. The zero-order chi connectivity index (χ0) is 21.5. The smallest absolute Gasteiger partial charge is 0.320 e. The second-order valence-electron chi connectivity index (χ2n) is 5.72. The summed E-state index contributed by atoms with van der Waals surface area (Å²) < 4.78 is 16.7. The van der Waals surface area contributed by atoms with Crippen molar-refractivity contribution in [2.75, 3.05) is 25.2 Å². The SMILES string of the molecule is COCC[n+]1cc(/N=C(\[O-])CSc2nc(N)c(C#N)c(-c3ccco3)c2C#N)on1. The van der Waals surface area contributed by atoms with Gasteiger partial charge >= 0.3 is 5.88 Å². The number of ether oxygens (including phenoxy) is 1. The number of furan rings is 1. The number of rotatable bonds is 8. The predicted octanol–water partition coefficient (Wildman–Crippen LogP) is 0.772. The monoisotopic (exact) mass is 425 g/mol. The molecule has 3 aromatic rings. The van der Waals surface area contributed by atoms with E-state index in [0.717, 1.165) is 11.8 Å². The number of thioether (sulfide) groups is 1. The van der Waals surface area contributed by atoms with Gasteiger partial charge in [-0.25, -0.2) is 9.98 Å². The molecule has 11 nitrogen and oxygen atoms in total. The number of nitriles is 2. The van der Waals surface area contributed by atoms with E-state index in [-0.39, 0.29) is 39.2 Å². The lowest BCUT2D eigenvalue weighted by atomic mass is 10.0. The number of hydrogen-bond donors (Lipinski definition) is 1. The molecule has 30 heavy (non-hydrogen) atoms. The van der Waals surface area contributed by atoms with Gasteiger partial charge in [0.1, 0.15) is 40.9 Å². The Morgan fingerprint density at radius 3 is 2.87 bits per heavy atom. The summed E-state index contributed by atoms with van der Waals surface area (Å²) in [5, 5.41) is 35.2. The second kappa shape index (κ2) is 9.56. The van der Waals surface area contributed by atoms with Crippen molar-refractivity contribution < 1.29 is 23.5 Å². The van der Waals surface area contributed by atoms with E-state index in [2.05, 4.69) is 15.2 Å². The van der Waals surface area contributed by atoms with Crippen LogP contribution >= 0.6 is 11.8 Å². The van der Waals surface area contributed by atoms with Crippen LogP contribution in [0.2, 0.25) is 0 Å². The average molecular weight is 425 g/mol. The lowest BCUT2D eigenvalue weighted by Gasteiger charge is -2.12. The number of nitrogen functional groups attached to an aromatic ring is 1. The van der Waals surface area contributed by atoms with Gasteiger partial charge in [-0.1, -0.05) is 11.8 Å². The van der Waals surface area contributed by atoms with Gasteiger partial charge in [0.25, 0.3) is 6.20 Å². The van der Waals surface area contributed by atoms with Gasteiger partial charge in [0, 0.05) is 12.9 Å². The summed E-state index contributed by atoms with van der Waals surface area (Å²) in [5.74, 6) is -0.380. The van der Waals surface area contributed by atoms with Crippen molar-refractivity contribution in [2.45, 2.75) is 11.6 Å². The topological polar surface area (TPSA) is 174 Å². The third kappa shape index (κ3) is 4.57. The molecule has 0 aliphatic carbocycles. The molecule has 2 N–H and O–H groups in total. The summed E-state index contributed by atoms with van der Waals surface area (Å²) in [7, 11) is 1.56. The molecule has 0 saturated heterocycles. The van der Waals surface area contributed by atoms with E-state index in [1.807, 2.05) is 12.1 Å².